The number of ether oxygens (including phenoxy) is 1. The van der Waals surface area contributed by atoms with Gasteiger partial charge in [0.15, 0.2) is 4.77 Å². The highest BCUT2D eigenvalue weighted by atomic mass is 79.9. The Morgan fingerprint density at radius 1 is 1.41 bits per heavy atom. The van der Waals surface area contributed by atoms with Crippen LogP contribution in [-0.4, -0.2) is 16.7 Å². The molecule has 0 unspecified atom stereocenters. The maximum atomic E-state index is 11.1. The zero-order valence-electron chi connectivity index (χ0n) is 8.94. The molecule has 0 atom stereocenters. The highest BCUT2D eigenvalue weighted by Gasteiger charge is 2.05. The van der Waals surface area contributed by atoms with E-state index in [0.717, 1.165) is 15.9 Å². The molecule has 0 radical (unpaired) electrons. The monoisotopic (exact) mass is 312 g/mol. The average molecular weight is 313 g/mol. The summed E-state index contributed by atoms with van der Waals surface area (Å²) in [6, 6.07) is 6.95. The summed E-state index contributed by atoms with van der Waals surface area (Å²) in [6.07, 6.45) is 1.63. The molecule has 0 spiro atoms. The Kier molecular flexibility index (Phi) is 3.44. The summed E-state index contributed by atoms with van der Waals surface area (Å²) in [7, 11) is 1.60. The highest BCUT2D eigenvalue weighted by Crippen LogP contribution is 2.25. The molecule has 2 aromatic rings. The van der Waals surface area contributed by atoms with Crippen molar-refractivity contribution in [2.75, 3.05) is 7.11 Å². The number of halogens is 1. The fourth-order valence-corrected chi connectivity index (χ4v) is 2.11. The maximum absolute atomic E-state index is 11.1. The van der Waals surface area contributed by atoms with E-state index in [1.807, 2.05) is 18.2 Å². The number of nitrogens with one attached hydrogen (secondary N) is 1. The molecule has 0 bridgehead atoms. The van der Waals surface area contributed by atoms with E-state index in [-0.39, 0.29) is 5.56 Å². The predicted octanol–water partition coefficient (Wildman–Crippen LogP) is 2.67. The Bertz CT molecular complexity index is 663. The van der Waals surface area contributed by atoms with Gasteiger partial charge in [-0.15, -0.1) is 0 Å². The van der Waals surface area contributed by atoms with Gasteiger partial charge in [0.05, 0.1) is 12.8 Å². The fourth-order valence-electron chi connectivity index (χ4n) is 1.41. The molecule has 0 saturated heterocycles. The van der Waals surface area contributed by atoms with Gasteiger partial charge in [0.25, 0.3) is 5.56 Å². The number of hydrogen-bond donors (Lipinski definition) is 1. The lowest BCUT2D eigenvalue weighted by atomic mass is 10.3. The van der Waals surface area contributed by atoms with Crippen molar-refractivity contribution in [2.24, 2.45) is 0 Å². The second-order valence-electron chi connectivity index (χ2n) is 3.30. The van der Waals surface area contributed by atoms with Crippen LogP contribution in [0.25, 0.3) is 5.69 Å². The topological polar surface area (TPSA) is 47.0 Å². The third-order valence-corrected chi connectivity index (χ3v) is 3.21. The van der Waals surface area contributed by atoms with Crippen molar-refractivity contribution in [1.29, 1.82) is 0 Å². The van der Waals surface area contributed by atoms with Crippen LogP contribution < -0.4 is 10.3 Å². The number of nitrogens with zero attached hydrogens (tertiary/aromatic N) is 1. The molecule has 1 N–H and O–H groups in total. The number of hydrogen-bond acceptors (Lipinski definition) is 3. The summed E-state index contributed by atoms with van der Waals surface area (Å²) in [4.78, 5) is 13.7. The van der Waals surface area contributed by atoms with Gasteiger partial charge >= 0.3 is 0 Å². The molecule has 1 heterocycles. The summed E-state index contributed by atoms with van der Waals surface area (Å²) in [5.41, 5.74) is 0.593. The van der Waals surface area contributed by atoms with Gasteiger partial charge < -0.3 is 4.74 Å². The minimum atomic E-state index is -0.217. The summed E-state index contributed by atoms with van der Waals surface area (Å²) in [5.74, 6) is 0.719. The molecule has 0 aliphatic carbocycles. The lowest BCUT2D eigenvalue weighted by Gasteiger charge is -2.10. The van der Waals surface area contributed by atoms with Crippen molar-refractivity contribution >= 4 is 28.1 Å². The van der Waals surface area contributed by atoms with E-state index in [0.29, 0.717) is 4.77 Å². The van der Waals surface area contributed by atoms with Gasteiger partial charge in [-0.05, 0) is 40.3 Å². The summed E-state index contributed by atoms with van der Waals surface area (Å²) < 4.78 is 8.05. The Hall–Kier alpha value is -1.40. The van der Waals surface area contributed by atoms with E-state index < -0.39 is 0 Å². The van der Waals surface area contributed by atoms with Gasteiger partial charge in [-0.25, -0.2) is 0 Å². The quantitative estimate of drug-likeness (QED) is 0.867. The first-order chi connectivity index (χ1) is 8.11. The van der Waals surface area contributed by atoms with Crippen LogP contribution in [0.15, 0.2) is 39.7 Å². The van der Waals surface area contributed by atoms with Crippen molar-refractivity contribution in [1.82, 2.24) is 9.55 Å². The van der Waals surface area contributed by atoms with E-state index in [2.05, 4.69) is 20.9 Å². The van der Waals surface area contributed by atoms with Crippen LogP contribution in [0.5, 0.6) is 5.75 Å². The molecular weight excluding hydrogens is 304 g/mol. The summed E-state index contributed by atoms with van der Waals surface area (Å²) >= 11 is 8.54. The van der Waals surface area contributed by atoms with Crippen molar-refractivity contribution in [3.8, 4) is 11.4 Å². The molecule has 0 aliphatic rings. The Labute approximate surface area is 111 Å². The Balaban J connectivity index is 2.67. The Morgan fingerprint density at radius 3 is 2.82 bits per heavy atom. The van der Waals surface area contributed by atoms with E-state index >= 15 is 0 Å². The molecule has 0 saturated carbocycles. The van der Waals surface area contributed by atoms with Gasteiger partial charge in [0.2, 0.25) is 0 Å². The zero-order chi connectivity index (χ0) is 12.4. The predicted molar refractivity (Wildman–Crippen MR) is 71.5 cm³/mol. The summed E-state index contributed by atoms with van der Waals surface area (Å²) in [6.45, 7) is 0. The van der Waals surface area contributed by atoms with Crippen LogP contribution >= 0.6 is 28.1 Å². The number of methoxy groups -OCH3 is 1. The van der Waals surface area contributed by atoms with Crippen molar-refractivity contribution in [3.63, 3.8) is 0 Å². The van der Waals surface area contributed by atoms with Crippen molar-refractivity contribution in [2.45, 2.75) is 0 Å². The first-order valence-electron chi connectivity index (χ1n) is 4.78. The minimum absolute atomic E-state index is 0.217. The number of rotatable bonds is 2. The smallest absolute Gasteiger partial charge is 0.251 e. The number of aromatic nitrogens is 2. The molecule has 1 aromatic carbocycles. The SMILES string of the molecule is COc1ccc(Br)c(-n2ccc(=O)[nH]c2=S)c1. The van der Waals surface area contributed by atoms with Crippen LogP contribution in [0, 0.1) is 4.77 Å². The second-order valence-corrected chi connectivity index (χ2v) is 4.54. The van der Waals surface area contributed by atoms with Crippen LogP contribution in [0.4, 0.5) is 0 Å². The van der Waals surface area contributed by atoms with Crippen molar-refractivity contribution in [3.05, 3.63) is 50.1 Å². The minimum Gasteiger partial charge on any atom is -0.497 e. The van der Waals surface area contributed by atoms with Gasteiger partial charge in [-0.3, -0.25) is 14.3 Å². The van der Waals surface area contributed by atoms with Crippen LogP contribution in [0.3, 0.4) is 0 Å². The average Bonchev–Trinajstić information content (AvgIpc) is 2.30. The van der Waals surface area contributed by atoms with E-state index in [4.69, 9.17) is 17.0 Å². The third-order valence-electron chi connectivity index (χ3n) is 2.24. The largest absolute Gasteiger partial charge is 0.497 e. The van der Waals surface area contributed by atoms with Gasteiger partial charge in [-0.2, -0.15) is 0 Å². The highest BCUT2D eigenvalue weighted by molar-refractivity contribution is 9.10. The molecule has 2 rings (SSSR count). The lowest BCUT2D eigenvalue weighted by Crippen LogP contribution is -2.10. The molecular formula is C11H9BrN2O2S. The standard InChI is InChI=1S/C11H9BrN2O2S/c1-16-7-2-3-8(12)9(6-7)14-5-4-10(15)13-11(14)17/h2-6H,1H3,(H,13,15,17). The molecule has 17 heavy (non-hydrogen) atoms. The zero-order valence-corrected chi connectivity index (χ0v) is 11.3. The van der Waals surface area contributed by atoms with E-state index in [1.165, 1.54) is 6.07 Å². The van der Waals surface area contributed by atoms with E-state index in [9.17, 15) is 4.79 Å². The molecule has 0 fully saturated rings. The van der Waals surface area contributed by atoms with Gasteiger partial charge in [0, 0.05) is 22.8 Å². The number of benzene rings is 1. The fraction of sp³-hybridized carbons (Fsp3) is 0.0909. The molecule has 0 amide bonds. The molecule has 1 aromatic heterocycles. The summed E-state index contributed by atoms with van der Waals surface area (Å²) in [5, 5.41) is 0. The Morgan fingerprint density at radius 2 is 2.18 bits per heavy atom. The molecule has 88 valence electrons. The first-order valence-corrected chi connectivity index (χ1v) is 5.98. The van der Waals surface area contributed by atoms with Gasteiger partial charge in [0.1, 0.15) is 5.75 Å². The van der Waals surface area contributed by atoms with Gasteiger partial charge in [-0.1, -0.05) is 0 Å². The first kappa shape index (κ1) is 12.1. The second kappa shape index (κ2) is 4.85. The third kappa shape index (κ3) is 2.48. The molecule has 6 heteroatoms. The van der Waals surface area contributed by atoms with E-state index in [1.54, 1.807) is 17.9 Å². The number of aromatic amines is 1. The normalized spacial score (nSPS) is 10.2. The maximum Gasteiger partial charge on any atom is 0.251 e. The molecule has 4 nitrogen and oxygen atoms in total. The number of H-pyrrole nitrogens is 1. The molecule has 0 aliphatic heterocycles. The van der Waals surface area contributed by atoms with Crippen LogP contribution in [0.1, 0.15) is 0 Å². The lowest BCUT2D eigenvalue weighted by molar-refractivity contribution is 0.414. The van der Waals surface area contributed by atoms with Crippen molar-refractivity contribution < 1.29 is 4.74 Å². The van der Waals surface area contributed by atoms with Crippen LogP contribution in [0.2, 0.25) is 0 Å². The van der Waals surface area contributed by atoms with Crippen LogP contribution in [-0.2, 0) is 0 Å².